The van der Waals surface area contributed by atoms with E-state index < -0.39 is 0 Å². The van der Waals surface area contributed by atoms with Crippen LogP contribution >= 0.6 is 0 Å². The van der Waals surface area contributed by atoms with Crippen molar-refractivity contribution in [2.24, 2.45) is 0 Å². The standard InChI is InChI=1S/C21H22N4O4/c1-27-16-8-6-15(7-9-16)19-12-25-18(13-29-19)20(23-24-25)21(26)22-11-14-4-3-5-17(10-14)28-2/h3-10,19H,11-13H2,1-2H3,(H,22,26)/t19-/m1/s1. The van der Waals surface area contributed by atoms with Gasteiger partial charge in [0.2, 0.25) is 0 Å². The van der Waals surface area contributed by atoms with Crippen molar-refractivity contribution in [3.8, 4) is 11.5 Å². The van der Waals surface area contributed by atoms with Crippen molar-refractivity contribution in [1.82, 2.24) is 20.3 Å². The Kier molecular flexibility index (Phi) is 5.44. The first-order valence-electron chi connectivity index (χ1n) is 9.27. The van der Waals surface area contributed by atoms with Crippen LogP contribution in [0.3, 0.4) is 0 Å². The minimum absolute atomic E-state index is 0.150. The lowest BCUT2D eigenvalue weighted by Gasteiger charge is -2.24. The van der Waals surface area contributed by atoms with Gasteiger partial charge >= 0.3 is 0 Å². The zero-order valence-corrected chi connectivity index (χ0v) is 16.3. The summed E-state index contributed by atoms with van der Waals surface area (Å²) in [5, 5.41) is 11.1. The highest BCUT2D eigenvalue weighted by atomic mass is 16.5. The second-order valence-electron chi connectivity index (χ2n) is 6.67. The quantitative estimate of drug-likeness (QED) is 0.691. The van der Waals surface area contributed by atoms with Gasteiger partial charge in [-0.1, -0.05) is 29.5 Å². The fraction of sp³-hybridized carbons (Fsp3) is 0.286. The summed E-state index contributed by atoms with van der Waals surface area (Å²) in [6.07, 6.45) is -0.150. The summed E-state index contributed by atoms with van der Waals surface area (Å²) in [7, 11) is 3.24. The van der Waals surface area contributed by atoms with Crippen LogP contribution in [0, 0.1) is 0 Å². The minimum Gasteiger partial charge on any atom is -0.497 e. The third-order valence-corrected chi connectivity index (χ3v) is 4.89. The number of nitrogens with one attached hydrogen (secondary N) is 1. The molecule has 3 aromatic rings. The van der Waals surface area contributed by atoms with Gasteiger partial charge in [-0.25, -0.2) is 4.68 Å². The zero-order valence-electron chi connectivity index (χ0n) is 16.3. The van der Waals surface area contributed by atoms with Crippen molar-refractivity contribution < 1.29 is 19.0 Å². The molecule has 0 saturated carbocycles. The van der Waals surface area contributed by atoms with Crippen molar-refractivity contribution in [2.45, 2.75) is 25.8 Å². The van der Waals surface area contributed by atoms with E-state index in [1.54, 1.807) is 18.9 Å². The van der Waals surface area contributed by atoms with Crippen LogP contribution in [0.1, 0.15) is 33.4 Å². The van der Waals surface area contributed by atoms with Gasteiger partial charge in [-0.15, -0.1) is 5.10 Å². The molecule has 0 saturated heterocycles. The summed E-state index contributed by atoms with van der Waals surface area (Å²) >= 11 is 0. The number of carbonyl (C=O) groups excluding carboxylic acids is 1. The number of hydrogen-bond donors (Lipinski definition) is 1. The molecule has 1 aliphatic heterocycles. The van der Waals surface area contributed by atoms with Crippen molar-refractivity contribution in [2.75, 3.05) is 14.2 Å². The Morgan fingerprint density at radius 3 is 2.72 bits per heavy atom. The molecule has 4 rings (SSSR count). The van der Waals surface area contributed by atoms with Crippen molar-refractivity contribution in [1.29, 1.82) is 0 Å². The maximum absolute atomic E-state index is 12.6. The number of rotatable bonds is 6. The lowest BCUT2D eigenvalue weighted by molar-refractivity contribution is -0.00179. The number of benzene rings is 2. The Hall–Kier alpha value is -3.39. The van der Waals surface area contributed by atoms with E-state index in [2.05, 4.69) is 15.6 Å². The fourth-order valence-electron chi connectivity index (χ4n) is 3.26. The van der Waals surface area contributed by atoms with E-state index in [0.717, 1.165) is 22.6 Å². The van der Waals surface area contributed by atoms with Crippen LogP contribution in [0.25, 0.3) is 0 Å². The molecule has 0 radical (unpaired) electrons. The number of methoxy groups -OCH3 is 2. The SMILES string of the molecule is COc1ccc([C@H]2Cn3nnc(C(=O)NCc4cccc(OC)c4)c3CO2)cc1. The lowest BCUT2D eigenvalue weighted by atomic mass is 10.1. The number of ether oxygens (including phenoxy) is 3. The molecule has 8 nitrogen and oxygen atoms in total. The third-order valence-electron chi connectivity index (χ3n) is 4.89. The fourth-order valence-corrected chi connectivity index (χ4v) is 3.26. The molecule has 1 atom stereocenters. The molecule has 1 aromatic heterocycles. The highest BCUT2D eigenvalue weighted by Gasteiger charge is 2.27. The van der Waals surface area contributed by atoms with Crippen LogP contribution in [0.2, 0.25) is 0 Å². The molecule has 1 amide bonds. The third kappa shape index (κ3) is 4.07. The Bertz CT molecular complexity index is 1000. The van der Waals surface area contributed by atoms with Gasteiger partial charge in [0.05, 0.1) is 33.1 Å². The smallest absolute Gasteiger partial charge is 0.274 e. The van der Waals surface area contributed by atoms with Gasteiger partial charge in [-0.3, -0.25) is 4.79 Å². The number of nitrogens with zero attached hydrogens (tertiary/aromatic N) is 3. The molecule has 8 heteroatoms. The molecule has 0 aliphatic carbocycles. The molecule has 150 valence electrons. The number of aromatic nitrogens is 3. The number of amides is 1. The minimum atomic E-state index is -0.277. The summed E-state index contributed by atoms with van der Waals surface area (Å²) < 4.78 is 18.1. The summed E-state index contributed by atoms with van der Waals surface area (Å²) in [6.45, 7) is 1.14. The van der Waals surface area contributed by atoms with Crippen LogP contribution in [0.4, 0.5) is 0 Å². The predicted octanol–water partition coefficient (Wildman–Crippen LogP) is 2.50. The molecular formula is C21H22N4O4. The van der Waals surface area contributed by atoms with Gasteiger partial charge in [0.15, 0.2) is 5.69 Å². The highest BCUT2D eigenvalue weighted by Crippen LogP contribution is 2.28. The molecule has 29 heavy (non-hydrogen) atoms. The van der Waals surface area contributed by atoms with E-state index in [4.69, 9.17) is 14.2 Å². The molecule has 1 N–H and O–H groups in total. The molecular weight excluding hydrogens is 372 g/mol. The number of hydrogen-bond acceptors (Lipinski definition) is 6. The Balaban J connectivity index is 1.42. The van der Waals surface area contributed by atoms with E-state index in [0.29, 0.717) is 24.5 Å². The van der Waals surface area contributed by atoms with Gasteiger partial charge in [-0.05, 0) is 35.4 Å². The zero-order chi connectivity index (χ0) is 20.2. The van der Waals surface area contributed by atoms with Crippen molar-refractivity contribution in [3.05, 3.63) is 71.0 Å². The summed E-state index contributed by atoms with van der Waals surface area (Å²) in [5.41, 5.74) is 2.93. The maximum atomic E-state index is 12.6. The monoisotopic (exact) mass is 394 g/mol. The van der Waals surface area contributed by atoms with Gasteiger partial charge in [-0.2, -0.15) is 0 Å². The van der Waals surface area contributed by atoms with E-state index >= 15 is 0 Å². The van der Waals surface area contributed by atoms with Gasteiger partial charge < -0.3 is 19.5 Å². The second-order valence-corrected chi connectivity index (χ2v) is 6.67. The summed E-state index contributed by atoms with van der Waals surface area (Å²) in [5.74, 6) is 1.26. The topological polar surface area (TPSA) is 87.5 Å². The largest absolute Gasteiger partial charge is 0.497 e. The van der Waals surface area contributed by atoms with E-state index in [-0.39, 0.29) is 18.6 Å². The van der Waals surface area contributed by atoms with E-state index in [9.17, 15) is 4.79 Å². The van der Waals surface area contributed by atoms with Crippen molar-refractivity contribution in [3.63, 3.8) is 0 Å². The van der Waals surface area contributed by atoms with Gasteiger partial charge in [0.1, 0.15) is 17.6 Å². The van der Waals surface area contributed by atoms with Gasteiger partial charge in [0.25, 0.3) is 5.91 Å². The Morgan fingerprint density at radius 2 is 1.97 bits per heavy atom. The first kappa shape index (κ1) is 18.9. The van der Waals surface area contributed by atoms with Gasteiger partial charge in [0, 0.05) is 6.54 Å². The average molecular weight is 394 g/mol. The van der Waals surface area contributed by atoms with E-state index in [1.807, 2.05) is 48.5 Å². The Morgan fingerprint density at radius 1 is 1.17 bits per heavy atom. The molecule has 0 unspecified atom stereocenters. The first-order valence-corrected chi connectivity index (χ1v) is 9.27. The Labute approximate surface area is 168 Å². The highest BCUT2D eigenvalue weighted by molar-refractivity contribution is 5.93. The first-order chi connectivity index (χ1) is 14.2. The normalized spacial score (nSPS) is 15.4. The van der Waals surface area contributed by atoms with Crippen LogP contribution in [0.5, 0.6) is 11.5 Å². The summed E-state index contributed by atoms with van der Waals surface area (Å²) in [6, 6.07) is 15.3. The predicted molar refractivity (Wildman–Crippen MR) is 105 cm³/mol. The second kappa shape index (κ2) is 8.32. The molecule has 0 bridgehead atoms. The number of fused-ring (bicyclic) bond motifs is 1. The molecule has 0 fully saturated rings. The van der Waals surface area contributed by atoms with Crippen LogP contribution < -0.4 is 14.8 Å². The molecule has 0 spiro atoms. The van der Waals surface area contributed by atoms with Crippen LogP contribution in [0.15, 0.2) is 48.5 Å². The van der Waals surface area contributed by atoms with Crippen LogP contribution in [-0.2, 0) is 24.4 Å². The average Bonchev–Trinajstić information content (AvgIpc) is 3.21. The lowest BCUT2D eigenvalue weighted by Crippen LogP contribution is -2.27. The molecule has 2 aromatic carbocycles. The number of carbonyl (C=O) groups is 1. The molecule has 2 heterocycles. The van der Waals surface area contributed by atoms with E-state index in [1.165, 1.54) is 0 Å². The van der Waals surface area contributed by atoms with Crippen LogP contribution in [-0.4, -0.2) is 35.1 Å². The maximum Gasteiger partial charge on any atom is 0.274 e. The summed E-state index contributed by atoms with van der Waals surface area (Å²) in [4.78, 5) is 12.6. The molecule has 1 aliphatic rings. The van der Waals surface area contributed by atoms with Crippen molar-refractivity contribution >= 4 is 5.91 Å².